The summed E-state index contributed by atoms with van der Waals surface area (Å²) < 4.78 is 39.0. The molecule has 2 aromatic carbocycles. The van der Waals surface area contributed by atoms with E-state index in [-0.39, 0.29) is 5.91 Å². The van der Waals surface area contributed by atoms with Gasteiger partial charge in [0.1, 0.15) is 0 Å². The molecule has 1 aliphatic heterocycles. The molecule has 1 amide bonds. The number of hydrogen-bond acceptors (Lipinski definition) is 3. The maximum atomic E-state index is 13.0. The molecule has 1 aliphatic rings. The van der Waals surface area contributed by atoms with E-state index in [1.165, 1.54) is 6.07 Å². The first-order valence-electron chi connectivity index (χ1n) is 10.0. The lowest BCUT2D eigenvalue weighted by Gasteiger charge is -2.38. The molecule has 7 heteroatoms. The van der Waals surface area contributed by atoms with Crippen molar-refractivity contribution in [3.8, 4) is 0 Å². The van der Waals surface area contributed by atoms with Crippen LogP contribution in [-0.4, -0.2) is 43.5 Å². The van der Waals surface area contributed by atoms with Gasteiger partial charge >= 0.3 is 6.18 Å². The van der Waals surface area contributed by atoms with Crippen LogP contribution in [0.15, 0.2) is 66.9 Å². The van der Waals surface area contributed by atoms with Gasteiger partial charge in [0.05, 0.1) is 11.3 Å². The Morgan fingerprint density at radius 2 is 1.70 bits per heavy atom. The Morgan fingerprint density at radius 3 is 2.30 bits per heavy atom. The standard InChI is InChI=1S/C23H26F3N3O/c1-3-12-29(20-9-5-4-6-10-20)18(2)22(30)28-15-13-27(14-16-28)21-11-7-8-19(17-21)23(24,25)26/h4-11,17H,2-3,12-16H2,1H3. The minimum Gasteiger partial charge on any atom is -0.368 e. The van der Waals surface area contributed by atoms with Gasteiger partial charge in [-0.1, -0.05) is 37.8 Å². The molecule has 160 valence electrons. The highest BCUT2D eigenvalue weighted by atomic mass is 19.4. The number of amides is 1. The van der Waals surface area contributed by atoms with Crippen LogP contribution in [0, 0.1) is 0 Å². The Morgan fingerprint density at radius 1 is 1.03 bits per heavy atom. The zero-order valence-electron chi connectivity index (χ0n) is 17.0. The van der Waals surface area contributed by atoms with E-state index in [1.54, 1.807) is 11.0 Å². The van der Waals surface area contributed by atoms with Crippen molar-refractivity contribution in [3.05, 3.63) is 72.4 Å². The number of hydrogen-bond donors (Lipinski definition) is 0. The lowest BCUT2D eigenvalue weighted by atomic mass is 10.1. The van der Waals surface area contributed by atoms with Gasteiger partial charge in [0.2, 0.25) is 0 Å². The number of carbonyl (C=O) groups is 1. The Hall–Kier alpha value is -2.96. The molecule has 3 rings (SSSR count). The zero-order chi connectivity index (χ0) is 21.7. The minimum atomic E-state index is -4.37. The molecule has 30 heavy (non-hydrogen) atoms. The fourth-order valence-corrected chi connectivity index (χ4v) is 3.60. The number of piperazine rings is 1. The van der Waals surface area contributed by atoms with Crippen molar-refractivity contribution in [1.29, 1.82) is 0 Å². The summed E-state index contributed by atoms with van der Waals surface area (Å²) in [6.07, 6.45) is -3.50. The first-order valence-corrected chi connectivity index (χ1v) is 10.0. The summed E-state index contributed by atoms with van der Waals surface area (Å²) in [4.78, 5) is 18.6. The van der Waals surface area contributed by atoms with Crippen LogP contribution in [-0.2, 0) is 11.0 Å². The van der Waals surface area contributed by atoms with Crippen molar-refractivity contribution in [2.75, 3.05) is 42.5 Å². The summed E-state index contributed by atoms with van der Waals surface area (Å²) in [6.45, 7) is 8.57. The molecule has 1 fully saturated rings. The fourth-order valence-electron chi connectivity index (χ4n) is 3.60. The van der Waals surface area contributed by atoms with Crippen LogP contribution in [0.1, 0.15) is 18.9 Å². The van der Waals surface area contributed by atoms with E-state index >= 15 is 0 Å². The summed E-state index contributed by atoms with van der Waals surface area (Å²) in [5.41, 5.74) is 1.19. The van der Waals surface area contributed by atoms with Crippen LogP contribution in [0.3, 0.4) is 0 Å². The summed E-state index contributed by atoms with van der Waals surface area (Å²) in [7, 11) is 0. The number of halogens is 3. The molecule has 1 saturated heterocycles. The summed E-state index contributed by atoms with van der Waals surface area (Å²) >= 11 is 0. The van der Waals surface area contributed by atoms with Crippen molar-refractivity contribution in [3.63, 3.8) is 0 Å². The maximum absolute atomic E-state index is 13.0. The van der Waals surface area contributed by atoms with Crippen molar-refractivity contribution in [1.82, 2.24) is 4.90 Å². The first-order chi connectivity index (χ1) is 14.3. The van der Waals surface area contributed by atoms with Gasteiger partial charge in [-0.3, -0.25) is 4.79 Å². The number of alkyl halides is 3. The smallest absolute Gasteiger partial charge is 0.368 e. The van der Waals surface area contributed by atoms with Crippen LogP contribution in [0.25, 0.3) is 0 Å². The van der Waals surface area contributed by atoms with Gasteiger partial charge < -0.3 is 14.7 Å². The second kappa shape index (κ2) is 9.24. The average molecular weight is 417 g/mol. The number of anilines is 2. The molecule has 0 atom stereocenters. The van der Waals surface area contributed by atoms with Gasteiger partial charge in [-0.25, -0.2) is 0 Å². The van der Waals surface area contributed by atoms with Gasteiger partial charge in [-0.05, 0) is 36.8 Å². The number of nitrogens with zero attached hydrogens (tertiary/aromatic N) is 3. The zero-order valence-corrected chi connectivity index (χ0v) is 17.0. The Kier molecular flexibility index (Phi) is 6.70. The summed E-state index contributed by atoms with van der Waals surface area (Å²) in [5.74, 6) is -0.143. The highest BCUT2D eigenvalue weighted by Crippen LogP contribution is 2.32. The van der Waals surface area contributed by atoms with Gasteiger partial charge in [-0.15, -0.1) is 0 Å². The van der Waals surface area contributed by atoms with E-state index in [0.717, 1.165) is 24.2 Å². The largest absolute Gasteiger partial charge is 0.416 e. The van der Waals surface area contributed by atoms with E-state index in [9.17, 15) is 18.0 Å². The molecule has 0 aliphatic carbocycles. The van der Waals surface area contributed by atoms with Gasteiger partial charge in [0.15, 0.2) is 0 Å². The topological polar surface area (TPSA) is 26.8 Å². The molecule has 1 heterocycles. The molecule has 0 spiro atoms. The van der Waals surface area contributed by atoms with Crippen molar-refractivity contribution in [2.45, 2.75) is 19.5 Å². The van der Waals surface area contributed by atoms with E-state index in [1.807, 2.05) is 47.1 Å². The number of rotatable bonds is 6. The maximum Gasteiger partial charge on any atom is 0.416 e. The predicted octanol–water partition coefficient (Wildman–Crippen LogP) is 4.78. The number of benzene rings is 2. The van der Waals surface area contributed by atoms with Crippen LogP contribution in [0.2, 0.25) is 0 Å². The lowest BCUT2D eigenvalue weighted by Crippen LogP contribution is -2.50. The molecule has 0 saturated carbocycles. The first kappa shape index (κ1) is 21.7. The summed E-state index contributed by atoms with van der Waals surface area (Å²) in [5, 5.41) is 0. The van der Waals surface area contributed by atoms with Crippen LogP contribution in [0.4, 0.5) is 24.5 Å². The molecular weight excluding hydrogens is 391 g/mol. The number of para-hydroxylation sites is 1. The average Bonchev–Trinajstić information content (AvgIpc) is 2.77. The van der Waals surface area contributed by atoms with Crippen molar-refractivity contribution in [2.24, 2.45) is 0 Å². The second-order valence-corrected chi connectivity index (χ2v) is 7.26. The SMILES string of the molecule is C=C(C(=O)N1CCN(c2cccc(C(F)(F)F)c2)CC1)N(CCC)c1ccccc1. The predicted molar refractivity (Wildman–Crippen MR) is 113 cm³/mol. The number of carbonyl (C=O) groups excluding carboxylic acids is 1. The third-order valence-electron chi connectivity index (χ3n) is 5.19. The third kappa shape index (κ3) is 4.96. The van der Waals surface area contributed by atoms with E-state index in [4.69, 9.17) is 0 Å². The van der Waals surface area contributed by atoms with Gasteiger partial charge in [-0.2, -0.15) is 13.2 Å². The monoisotopic (exact) mass is 417 g/mol. The molecule has 0 N–H and O–H groups in total. The minimum absolute atomic E-state index is 0.143. The quantitative estimate of drug-likeness (QED) is 0.633. The van der Waals surface area contributed by atoms with E-state index in [2.05, 4.69) is 6.58 Å². The Bertz CT molecular complexity index is 875. The third-order valence-corrected chi connectivity index (χ3v) is 5.19. The molecule has 0 unspecified atom stereocenters. The normalized spacial score (nSPS) is 14.5. The van der Waals surface area contributed by atoms with E-state index in [0.29, 0.717) is 44.1 Å². The van der Waals surface area contributed by atoms with Crippen molar-refractivity contribution < 1.29 is 18.0 Å². The molecule has 0 aromatic heterocycles. The van der Waals surface area contributed by atoms with Crippen LogP contribution < -0.4 is 9.80 Å². The Balaban J connectivity index is 1.65. The fraction of sp³-hybridized carbons (Fsp3) is 0.348. The Labute approximate surface area is 175 Å². The highest BCUT2D eigenvalue weighted by molar-refractivity contribution is 5.96. The molecule has 4 nitrogen and oxygen atoms in total. The van der Waals surface area contributed by atoms with Crippen LogP contribution in [0.5, 0.6) is 0 Å². The molecule has 0 bridgehead atoms. The van der Waals surface area contributed by atoms with E-state index < -0.39 is 11.7 Å². The second-order valence-electron chi connectivity index (χ2n) is 7.26. The van der Waals surface area contributed by atoms with Gasteiger partial charge in [0, 0.05) is 44.1 Å². The highest BCUT2D eigenvalue weighted by Gasteiger charge is 2.31. The lowest BCUT2D eigenvalue weighted by molar-refractivity contribution is -0.137. The van der Waals surface area contributed by atoms with Gasteiger partial charge in [0.25, 0.3) is 5.91 Å². The molecule has 0 radical (unpaired) electrons. The molecule has 2 aromatic rings. The molecular formula is C23H26F3N3O. The van der Waals surface area contributed by atoms with Crippen molar-refractivity contribution >= 4 is 17.3 Å². The van der Waals surface area contributed by atoms with Crippen LogP contribution >= 0.6 is 0 Å². The summed E-state index contributed by atoms with van der Waals surface area (Å²) in [6, 6.07) is 15.0.